The van der Waals surface area contributed by atoms with E-state index in [1.807, 2.05) is 38.1 Å². The van der Waals surface area contributed by atoms with Crippen LogP contribution >= 0.6 is 43.2 Å². The lowest BCUT2D eigenvalue weighted by Gasteiger charge is -2.22. The van der Waals surface area contributed by atoms with Crippen molar-refractivity contribution in [2.45, 2.75) is 20.3 Å². The van der Waals surface area contributed by atoms with Crippen molar-refractivity contribution in [3.8, 4) is 6.07 Å². The van der Waals surface area contributed by atoms with E-state index in [-0.39, 0.29) is 25.5 Å². The zero-order valence-electron chi connectivity index (χ0n) is 14.2. The molecule has 0 N–H and O–H groups in total. The van der Waals surface area contributed by atoms with Crippen molar-refractivity contribution in [3.05, 3.63) is 48.5 Å². The first kappa shape index (κ1) is 20.6. The smallest absolute Gasteiger partial charge is 0.348 e. The van der Waals surface area contributed by atoms with Crippen LogP contribution in [0.5, 0.6) is 0 Å². The minimum atomic E-state index is -0.560. The van der Waals surface area contributed by atoms with Crippen LogP contribution in [0.3, 0.4) is 0 Å². The van der Waals surface area contributed by atoms with Crippen molar-refractivity contribution in [2.24, 2.45) is 0 Å². The van der Waals surface area contributed by atoms with Crippen LogP contribution in [-0.2, 0) is 9.53 Å². The maximum absolute atomic E-state index is 12.6. The van der Waals surface area contributed by atoms with Crippen LogP contribution in [0.2, 0.25) is 0 Å². The summed E-state index contributed by atoms with van der Waals surface area (Å²) in [6.45, 7) is 3.74. The molecule has 2 rings (SSSR count). The molecule has 1 heterocycles. The first-order chi connectivity index (χ1) is 12.3. The second-order valence-corrected chi connectivity index (χ2v) is 8.83. The Morgan fingerprint density at radius 2 is 1.85 bits per heavy atom. The van der Waals surface area contributed by atoms with Crippen molar-refractivity contribution in [3.63, 3.8) is 0 Å². The molecule has 136 valence electrons. The van der Waals surface area contributed by atoms with E-state index in [1.165, 1.54) is 16.2 Å². The normalized spacial score (nSPS) is 10.3. The number of anilines is 1. The maximum Gasteiger partial charge on any atom is 0.348 e. The van der Waals surface area contributed by atoms with Crippen molar-refractivity contribution in [1.29, 1.82) is 5.26 Å². The van der Waals surface area contributed by atoms with Gasteiger partial charge in [0.25, 0.3) is 5.91 Å². The zero-order valence-corrected chi connectivity index (χ0v) is 18.2. The van der Waals surface area contributed by atoms with Gasteiger partial charge in [-0.1, -0.05) is 6.07 Å². The van der Waals surface area contributed by atoms with Crippen molar-refractivity contribution in [2.75, 3.05) is 18.1 Å². The second-order valence-electron chi connectivity index (χ2n) is 5.61. The van der Waals surface area contributed by atoms with Crippen LogP contribution in [0, 0.1) is 25.2 Å². The Morgan fingerprint density at radius 1 is 1.19 bits per heavy atom. The van der Waals surface area contributed by atoms with Gasteiger partial charge in [-0.3, -0.25) is 4.79 Å². The van der Waals surface area contributed by atoms with Crippen LogP contribution in [0.4, 0.5) is 5.69 Å². The molecule has 1 amide bonds. The van der Waals surface area contributed by atoms with Crippen LogP contribution in [0.25, 0.3) is 0 Å². The average Bonchev–Trinajstić information content (AvgIpc) is 2.91. The summed E-state index contributed by atoms with van der Waals surface area (Å²) in [5, 5.41) is 8.87. The SMILES string of the molecule is Cc1cc(C)cc(N(CCC#N)C(=O)COC(=O)c2cc(Br)c(Br)s2)c1. The molecule has 0 spiro atoms. The van der Waals surface area contributed by atoms with E-state index in [0.717, 1.165) is 19.4 Å². The lowest BCUT2D eigenvalue weighted by molar-refractivity contribution is -0.121. The van der Waals surface area contributed by atoms with Gasteiger partial charge in [0.1, 0.15) is 4.88 Å². The fourth-order valence-corrected chi connectivity index (χ4v) is 4.32. The molecule has 0 aliphatic carbocycles. The molecule has 0 saturated heterocycles. The van der Waals surface area contributed by atoms with Gasteiger partial charge in [-0.2, -0.15) is 5.26 Å². The first-order valence-electron chi connectivity index (χ1n) is 7.69. The van der Waals surface area contributed by atoms with E-state index < -0.39 is 5.97 Å². The van der Waals surface area contributed by atoms with Gasteiger partial charge in [-0.15, -0.1) is 11.3 Å². The molecule has 0 aliphatic rings. The lowest BCUT2D eigenvalue weighted by atomic mass is 10.1. The predicted molar refractivity (Wildman–Crippen MR) is 109 cm³/mol. The Bertz CT molecular complexity index is 834. The standard InChI is InChI=1S/C18H16Br2N2O3S/c1-11-6-12(2)8-13(7-11)22(5-3-4-21)16(23)10-25-18(24)15-9-14(19)17(20)26-15/h6-9H,3,5,10H2,1-2H3. The first-order valence-corrected chi connectivity index (χ1v) is 10.1. The molecule has 0 unspecified atom stereocenters. The van der Waals surface area contributed by atoms with E-state index in [0.29, 0.717) is 10.6 Å². The van der Waals surface area contributed by atoms with Gasteiger partial charge in [-0.25, -0.2) is 4.79 Å². The molecule has 0 bridgehead atoms. The third-order valence-corrected chi connectivity index (χ3v) is 6.68. The number of amides is 1. The highest BCUT2D eigenvalue weighted by atomic mass is 79.9. The van der Waals surface area contributed by atoms with E-state index in [1.54, 1.807) is 6.07 Å². The number of carbonyl (C=O) groups excluding carboxylic acids is 2. The molecular weight excluding hydrogens is 484 g/mol. The molecule has 1 aromatic heterocycles. The number of esters is 1. The number of benzene rings is 1. The van der Waals surface area contributed by atoms with Crippen molar-refractivity contribution >= 4 is 60.8 Å². The van der Waals surface area contributed by atoms with Gasteiger partial charge in [0.2, 0.25) is 0 Å². The Hall–Kier alpha value is -1.69. The fraction of sp³-hybridized carbons (Fsp3) is 0.278. The van der Waals surface area contributed by atoms with Gasteiger partial charge in [0.15, 0.2) is 6.61 Å². The van der Waals surface area contributed by atoms with E-state index >= 15 is 0 Å². The number of hydrogen-bond donors (Lipinski definition) is 0. The van der Waals surface area contributed by atoms with Crippen LogP contribution in [0.1, 0.15) is 27.2 Å². The lowest BCUT2D eigenvalue weighted by Crippen LogP contribution is -2.35. The van der Waals surface area contributed by atoms with Crippen LogP contribution in [-0.4, -0.2) is 25.0 Å². The average molecular weight is 500 g/mol. The number of rotatable bonds is 6. The van der Waals surface area contributed by atoms with Gasteiger partial charge in [-0.05, 0) is 75.0 Å². The third-order valence-electron chi connectivity index (χ3n) is 3.44. The highest BCUT2D eigenvalue weighted by Gasteiger charge is 2.20. The molecule has 0 fully saturated rings. The molecule has 26 heavy (non-hydrogen) atoms. The number of thiophene rings is 1. The van der Waals surface area contributed by atoms with Gasteiger partial charge < -0.3 is 9.64 Å². The molecular formula is C18H16Br2N2O3S. The van der Waals surface area contributed by atoms with E-state index in [9.17, 15) is 9.59 Å². The number of ether oxygens (including phenoxy) is 1. The molecule has 1 aromatic carbocycles. The number of nitriles is 1. The number of carbonyl (C=O) groups is 2. The largest absolute Gasteiger partial charge is 0.451 e. The molecule has 0 saturated carbocycles. The minimum absolute atomic E-state index is 0.192. The van der Waals surface area contributed by atoms with Crippen LogP contribution < -0.4 is 4.90 Å². The monoisotopic (exact) mass is 498 g/mol. The second kappa shape index (κ2) is 9.31. The summed E-state index contributed by atoms with van der Waals surface area (Å²) in [7, 11) is 0. The molecule has 2 aromatic rings. The van der Waals surface area contributed by atoms with Crippen molar-refractivity contribution in [1.82, 2.24) is 0 Å². The highest BCUT2D eigenvalue weighted by Crippen LogP contribution is 2.32. The van der Waals surface area contributed by atoms with Crippen molar-refractivity contribution < 1.29 is 14.3 Å². The van der Waals surface area contributed by atoms with Crippen LogP contribution in [0.15, 0.2) is 32.5 Å². The Morgan fingerprint density at radius 3 is 2.38 bits per heavy atom. The predicted octanol–water partition coefficient (Wildman–Crippen LogP) is 4.99. The number of aryl methyl sites for hydroxylation is 2. The Kier molecular flexibility index (Phi) is 7.38. The summed E-state index contributed by atoms with van der Waals surface area (Å²) in [5.74, 6) is -0.927. The Balaban J connectivity index is 2.11. The summed E-state index contributed by atoms with van der Waals surface area (Å²) < 4.78 is 6.69. The zero-order chi connectivity index (χ0) is 19.3. The van der Waals surface area contributed by atoms with Gasteiger partial charge in [0, 0.05) is 16.7 Å². The molecule has 0 aliphatic heterocycles. The van der Waals surface area contributed by atoms with E-state index in [4.69, 9.17) is 10.00 Å². The molecule has 0 radical (unpaired) electrons. The molecule has 8 heteroatoms. The topological polar surface area (TPSA) is 70.4 Å². The quantitative estimate of drug-likeness (QED) is 0.524. The third kappa shape index (κ3) is 5.40. The number of nitrogens with zero attached hydrogens (tertiary/aromatic N) is 2. The molecule has 5 nitrogen and oxygen atoms in total. The summed E-state index contributed by atoms with van der Waals surface area (Å²) in [6.07, 6.45) is 0.192. The Labute approximate surface area is 172 Å². The van der Waals surface area contributed by atoms with Gasteiger partial charge >= 0.3 is 5.97 Å². The summed E-state index contributed by atoms with van der Waals surface area (Å²) in [4.78, 5) is 26.6. The minimum Gasteiger partial charge on any atom is -0.451 e. The fourth-order valence-electron chi connectivity index (χ4n) is 2.39. The summed E-state index contributed by atoms with van der Waals surface area (Å²) in [6, 6.07) is 9.43. The number of hydrogen-bond acceptors (Lipinski definition) is 5. The van der Waals surface area contributed by atoms with Gasteiger partial charge in [0.05, 0.1) is 16.3 Å². The molecule has 0 atom stereocenters. The maximum atomic E-state index is 12.6. The summed E-state index contributed by atoms with van der Waals surface area (Å²) in [5.41, 5.74) is 2.72. The highest BCUT2D eigenvalue weighted by molar-refractivity contribution is 9.13. The summed E-state index contributed by atoms with van der Waals surface area (Å²) >= 11 is 7.85. The van der Waals surface area contributed by atoms with E-state index in [2.05, 4.69) is 31.9 Å². The number of halogens is 2.